The number of benzene rings is 2. The van der Waals surface area contributed by atoms with E-state index in [1.54, 1.807) is 32.4 Å². The van der Waals surface area contributed by atoms with Crippen LogP contribution in [0.2, 0.25) is 5.02 Å². The highest BCUT2D eigenvalue weighted by Gasteiger charge is 2.38. The first-order valence-electron chi connectivity index (χ1n) is 17.2. The van der Waals surface area contributed by atoms with E-state index in [4.69, 9.17) is 25.8 Å². The van der Waals surface area contributed by atoms with Gasteiger partial charge in [-0.05, 0) is 97.7 Å². The Balaban J connectivity index is 1.45. The van der Waals surface area contributed by atoms with E-state index in [-0.39, 0.29) is 34.8 Å². The molecule has 0 radical (unpaired) electrons. The molecule has 268 valence electrons. The van der Waals surface area contributed by atoms with E-state index < -0.39 is 21.7 Å². The molecule has 1 fully saturated rings. The van der Waals surface area contributed by atoms with Crippen LogP contribution in [0.1, 0.15) is 70.9 Å². The first kappa shape index (κ1) is 35.9. The number of carbonyl (C=O) groups excluding carboxylic acids is 2. The maximum absolute atomic E-state index is 14.6. The number of halogens is 1. The molecule has 1 N–H and O–H groups in total. The van der Waals surface area contributed by atoms with Gasteiger partial charge in [0.05, 0.1) is 31.3 Å². The lowest BCUT2D eigenvalue weighted by atomic mass is 9.70. The van der Waals surface area contributed by atoms with Crippen LogP contribution in [-0.2, 0) is 34.7 Å². The fourth-order valence-electron chi connectivity index (χ4n) is 7.15. The lowest BCUT2D eigenvalue weighted by Gasteiger charge is -2.43. The largest absolute Gasteiger partial charge is 0.491 e. The van der Waals surface area contributed by atoms with Crippen molar-refractivity contribution in [1.82, 2.24) is 14.5 Å². The van der Waals surface area contributed by atoms with E-state index in [0.29, 0.717) is 42.2 Å². The Morgan fingerprint density at radius 2 is 1.96 bits per heavy atom. The summed E-state index contributed by atoms with van der Waals surface area (Å²) in [4.78, 5) is 29.8. The molecule has 3 aliphatic rings. The van der Waals surface area contributed by atoms with Crippen LogP contribution >= 0.6 is 11.6 Å². The lowest BCUT2D eigenvalue weighted by Crippen LogP contribution is -2.43. The predicted octanol–water partition coefficient (Wildman–Crippen LogP) is 6.39. The molecule has 50 heavy (non-hydrogen) atoms. The van der Waals surface area contributed by atoms with Gasteiger partial charge in [-0.25, -0.2) is 4.21 Å². The number of aryl methyl sites for hydroxylation is 2. The molecule has 2 amide bonds. The molecule has 0 unspecified atom stereocenters. The minimum absolute atomic E-state index is 0.0411. The fraction of sp³-hybridized carbons (Fsp3) is 0.486. The number of anilines is 1. The normalized spacial score (nSPS) is 26.5. The smallest absolute Gasteiger partial charge is 0.286 e. The van der Waals surface area contributed by atoms with Gasteiger partial charge < -0.3 is 19.1 Å². The summed E-state index contributed by atoms with van der Waals surface area (Å²) in [5.74, 6) is -0.185. The number of ether oxygens (including phenoxy) is 3. The Bertz CT molecular complexity index is 1890. The standard InChI is InChI=1S/C37H46ClN5O6S/c1-24-8-7-10-33(47-3)30-15-12-28(30)21-43-20-27-11-14-29(38)18-25(27)9-5-6-17-49-34-16-13-26(19-32(34)43)35(44)40-50(46,23-24)41-36(45)31-22-42(2)39-37(31)48-4/h7,10-11,13-14,16,18-19,22,24,28,30,33H,5-6,8-9,12,15,17,20-21,23H2,1-4H3,(H,40,41,44,45,46)/b10-7+/t24-,28-,30+,33-,50-/m0/s1. The van der Waals surface area contributed by atoms with Crippen molar-refractivity contribution in [3.05, 3.63) is 82.0 Å². The Hall–Kier alpha value is -3.87. The molecule has 11 nitrogen and oxygen atoms in total. The zero-order valence-corrected chi connectivity index (χ0v) is 30.7. The average Bonchev–Trinajstić information content (AvgIpc) is 3.45. The van der Waals surface area contributed by atoms with Gasteiger partial charge in [0, 0.05) is 44.0 Å². The first-order valence-corrected chi connectivity index (χ1v) is 19.3. The minimum atomic E-state index is -3.60. The summed E-state index contributed by atoms with van der Waals surface area (Å²) in [6, 6.07) is 11.3. The third-order valence-corrected chi connectivity index (χ3v) is 12.1. The van der Waals surface area contributed by atoms with Crippen LogP contribution in [-0.4, -0.2) is 65.0 Å². The highest BCUT2D eigenvalue weighted by Crippen LogP contribution is 2.42. The maximum Gasteiger partial charge on any atom is 0.286 e. The van der Waals surface area contributed by atoms with Crippen molar-refractivity contribution in [2.75, 3.05) is 38.0 Å². The van der Waals surface area contributed by atoms with Crippen molar-refractivity contribution in [3.8, 4) is 11.6 Å². The summed E-state index contributed by atoms with van der Waals surface area (Å²) < 4.78 is 40.5. The van der Waals surface area contributed by atoms with Gasteiger partial charge in [0.25, 0.3) is 11.8 Å². The van der Waals surface area contributed by atoms with E-state index in [2.05, 4.69) is 43.4 Å². The summed E-state index contributed by atoms with van der Waals surface area (Å²) in [5.41, 5.74) is 3.48. The first-order chi connectivity index (χ1) is 24.1. The summed E-state index contributed by atoms with van der Waals surface area (Å²) in [6.07, 6.45) is 10.9. The van der Waals surface area contributed by atoms with Gasteiger partial charge in [-0.15, -0.1) is 9.46 Å². The Morgan fingerprint density at radius 1 is 1.12 bits per heavy atom. The number of fused-ring (bicyclic) bond motifs is 3. The number of methoxy groups -OCH3 is 2. The molecule has 1 saturated carbocycles. The molecule has 1 aromatic heterocycles. The van der Waals surface area contributed by atoms with Gasteiger partial charge >= 0.3 is 0 Å². The predicted molar refractivity (Wildman–Crippen MR) is 194 cm³/mol. The van der Waals surface area contributed by atoms with Crippen LogP contribution in [0.25, 0.3) is 0 Å². The number of amides is 2. The number of aromatic nitrogens is 2. The fourth-order valence-corrected chi connectivity index (χ4v) is 9.23. The Morgan fingerprint density at radius 3 is 2.72 bits per heavy atom. The molecule has 2 bridgehead atoms. The Kier molecular flexibility index (Phi) is 11.2. The van der Waals surface area contributed by atoms with E-state index in [0.717, 1.165) is 44.3 Å². The van der Waals surface area contributed by atoms with Crippen LogP contribution in [0.15, 0.2) is 59.1 Å². The number of nitrogens with one attached hydrogen (secondary N) is 1. The summed E-state index contributed by atoms with van der Waals surface area (Å²) in [7, 11) is 1.20. The number of hydrogen-bond acceptors (Lipinski definition) is 8. The van der Waals surface area contributed by atoms with Crippen LogP contribution in [0.4, 0.5) is 5.69 Å². The van der Waals surface area contributed by atoms with Crippen molar-refractivity contribution in [1.29, 1.82) is 0 Å². The van der Waals surface area contributed by atoms with E-state index in [9.17, 15) is 13.8 Å². The molecular weight excluding hydrogens is 678 g/mol. The molecule has 2 aliphatic heterocycles. The number of nitrogens with zero attached hydrogens (tertiary/aromatic N) is 4. The summed E-state index contributed by atoms with van der Waals surface area (Å²) in [6.45, 7) is 3.76. The van der Waals surface area contributed by atoms with Gasteiger partial charge in [0.1, 0.15) is 21.2 Å². The van der Waals surface area contributed by atoms with Crippen molar-refractivity contribution >= 4 is 39.0 Å². The number of carbonyl (C=O) groups is 2. The van der Waals surface area contributed by atoms with Gasteiger partial charge in [0.2, 0.25) is 5.88 Å². The van der Waals surface area contributed by atoms with E-state index in [1.165, 1.54) is 29.1 Å². The second-order valence-corrected chi connectivity index (χ2v) is 16.1. The molecule has 0 spiro atoms. The molecule has 6 rings (SSSR count). The van der Waals surface area contributed by atoms with E-state index >= 15 is 0 Å². The zero-order valence-electron chi connectivity index (χ0n) is 29.1. The second kappa shape index (κ2) is 15.6. The second-order valence-electron chi connectivity index (χ2n) is 13.6. The van der Waals surface area contributed by atoms with Crippen LogP contribution < -0.4 is 19.1 Å². The molecule has 2 aromatic carbocycles. The number of allylic oxidation sites excluding steroid dienone is 1. The highest BCUT2D eigenvalue weighted by atomic mass is 35.5. The molecular formula is C37H46ClN5O6S. The SMILES string of the molecule is COc1nn(C)cc1C(=O)N[S@@]1(=O)=NC(=O)c2ccc3c(c2)N(Cc2ccc(Cl)cc2CCCCO3)C[C@@H]2CC[C@H]2[C@@H](OC)/C=C/C[C@H](C)C1. The Labute approximate surface area is 299 Å². The third kappa shape index (κ3) is 8.19. The molecule has 1 aliphatic carbocycles. The monoisotopic (exact) mass is 723 g/mol. The topological polar surface area (TPSA) is 124 Å². The molecule has 0 saturated heterocycles. The van der Waals surface area contributed by atoms with Crippen LogP contribution in [0.3, 0.4) is 0 Å². The quantitative estimate of drug-likeness (QED) is 0.307. The molecule has 13 heteroatoms. The zero-order chi connectivity index (χ0) is 35.4. The van der Waals surface area contributed by atoms with Gasteiger partial charge in [-0.3, -0.25) is 19.0 Å². The van der Waals surface area contributed by atoms with Gasteiger partial charge in [0.15, 0.2) is 0 Å². The lowest BCUT2D eigenvalue weighted by molar-refractivity contribution is 0.0133. The third-order valence-electron chi connectivity index (χ3n) is 9.89. The van der Waals surface area contributed by atoms with E-state index in [1.807, 2.05) is 13.0 Å². The molecule has 5 atom stereocenters. The van der Waals surface area contributed by atoms with Crippen molar-refractivity contribution < 1.29 is 28.0 Å². The van der Waals surface area contributed by atoms with Crippen molar-refractivity contribution in [2.45, 2.75) is 58.1 Å². The number of hydrogen-bond donors (Lipinski definition) is 1. The number of rotatable bonds is 4. The van der Waals surface area contributed by atoms with Crippen LogP contribution in [0, 0.1) is 17.8 Å². The van der Waals surface area contributed by atoms with Crippen LogP contribution in [0.5, 0.6) is 11.6 Å². The minimum Gasteiger partial charge on any atom is -0.491 e. The maximum atomic E-state index is 14.6. The van der Waals surface area contributed by atoms with Gasteiger partial charge in [-0.2, -0.15) is 0 Å². The van der Waals surface area contributed by atoms with Crippen molar-refractivity contribution in [2.24, 2.45) is 29.2 Å². The summed E-state index contributed by atoms with van der Waals surface area (Å²) in [5, 5.41) is 4.85. The van der Waals surface area contributed by atoms with Crippen molar-refractivity contribution in [3.63, 3.8) is 0 Å². The summed E-state index contributed by atoms with van der Waals surface area (Å²) >= 11 is 6.46. The molecule has 3 aromatic rings. The highest BCUT2D eigenvalue weighted by molar-refractivity contribution is 7.92. The van der Waals surface area contributed by atoms with Gasteiger partial charge in [-0.1, -0.05) is 36.7 Å². The molecule has 3 heterocycles. The average molecular weight is 724 g/mol.